The van der Waals surface area contributed by atoms with Gasteiger partial charge in [-0.15, -0.1) is 0 Å². The fraction of sp³-hybridized carbons (Fsp3) is 0.538. The van der Waals surface area contributed by atoms with E-state index in [1.54, 1.807) is 7.11 Å². The van der Waals surface area contributed by atoms with Gasteiger partial charge in [0.15, 0.2) is 0 Å². The van der Waals surface area contributed by atoms with Gasteiger partial charge in [0.2, 0.25) is 0 Å². The van der Waals surface area contributed by atoms with E-state index in [4.69, 9.17) is 10.5 Å². The Labute approximate surface area is 92.4 Å². The Kier molecular flexibility index (Phi) is 4.15. The number of aryl methyl sites for hydroxylation is 1. The summed E-state index contributed by atoms with van der Waals surface area (Å²) in [6.07, 6.45) is 1.10. The van der Waals surface area contributed by atoms with Crippen LogP contribution in [0, 0.1) is 12.8 Å². The number of nitrogens with two attached hydrogens (primary N) is 1. The summed E-state index contributed by atoms with van der Waals surface area (Å²) < 4.78 is 5.23. The predicted molar refractivity (Wildman–Crippen MR) is 64.1 cm³/mol. The lowest BCUT2D eigenvalue weighted by Crippen LogP contribution is -2.18. The zero-order valence-electron chi connectivity index (χ0n) is 10.1. The van der Waals surface area contributed by atoms with Crippen LogP contribution in [0.5, 0.6) is 5.75 Å². The van der Waals surface area contributed by atoms with Crippen molar-refractivity contribution in [2.24, 2.45) is 11.7 Å². The molecule has 1 aromatic carbocycles. The second-order valence-electron chi connectivity index (χ2n) is 4.14. The highest BCUT2D eigenvalue weighted by Gasteiger charge is 2.13. The van der Waals surface area contributed by atoms with Crippen LogP contribution in [0.2, 0.25) is 0 Å². The summed E-state index contributed by atoms with van der Waals surface area (Å²) in [5, 5.41) is 0. The fourth-order valence-electron chi connectivity index (χ4n) is 1.69. The van der Waals surface area contributed by atoms with E-state index in [9.17, 15) is 0 Å². The minimum atomic E-state index is 0.125. The van der Waals surface area contributed by atoms with Crippen LogP contribution in [0.15, 0.2) is 18.2 Å². The highest BCUT2D eigenvalue weighted by atomic mass is 16.5. The molecule has 2 atom stereocenters. The molecule has 84 valence electrons. The Morgan fingerprint density at radius 1 is 1.40 bits per heavy atom. The van der Waals surface area contributed by atoms with Gasteiger partial charge in [0.05, 0.1) is 7.11 Å². The molecule has 0 aliphatic rings. The van der Waals surface area contributed by atoms with Crippen LogP contribution in [0.4, 0.5) is 0 Å². The summed E-state index contributed by atoms with van der Waals surface area (Å²) in [6, 6.07) is 6.30. The highest BCUT2D eigenvalue weighted by molar-refractivity contribution is 5.37. The number of rotatable bonds is 4. The van der Waals surface area contributed by atoms with Gasteiger partial charge >= 0.3 is 0 Å². The molecule has 0 fully saturated rings. The van der Waals surface area contributed by atoms with Gasteiger partial charge in [0.1, 0.15) is 5.75 Å². The summed E-state index contributed by atoms with van der Waals surface area (Å²) in [4.78, 5) is 0. The predicted octanol–water partition coefficient (Wildman–Crippen LogP) is 3.05. The van der Waals surface area contributed by atoms with Crippen molar-refractivity contribution in [3.63, 3.8) is 0 Å². The van der Waals surface area contributed by atoms with Crippen LogP contribution in [-0.2, 0) is 0 Å². The first-order chi connectivity index (χ1) is 7.10. The average molecular weight is 207 g/mol. The fourth-order valence-corrected chi connectivity index (χ4v) is 1.69. The van der Waals surface area contributed by atoms with E-state index >= 15 is 0 Å². The molecule has 0 radical (unpaired) electrons. The summed E-state index contributed by atoms with van der Waals surface area (Å²) in [5.74, 6) is 1.44. The van der Waals surface area contributed by atoms with Crippen molar-refractivity contribution in [2.45, 2.75) is 33.2 Å². The molecule has 2 nitrogen and oxygen atoms in total. The molecule has 0 aromatic heterocycles. The number of benzene rings is 1. The van der Waals surface area contributed by atoms with Crippen molar-refractivity contribution in [3.8, 4) is 5.75 Å². The summed E-state index contributed by atoms with van der Waals surface area (Å²) in [7, 11) is 1.69. The Morgan fingerprint density at radius 3 is 2.53 bits per heavy atom. The van der Waals surface area contributed by atoms with Gasteiger partial charge in [-0.2, -0.15) is 0 Å². The lowest BCUT2D eigenvalue weighted by molar-refractivity contribution is 0.410. The van der Waals surface area contributed by atoms with Gasteiger partial charge in [0.25, 0.3) is 0 Å². The van der Waals surface area contributed by atoms with Gasteiger partial charge in [-0.05, 0) is 30.0 Å². The molecule has 0 saturated heterocycles. The van der Waals surface area contributed by atoms with Crippen LogP contribution >= 0.6 is 0 Å². The minimum Gasteiger partial charge on any atom is -0.496 e. The SMILES string of the molecule is CCC(C)[C@H](N)c1ccc(OC)c(C)c1. The van der Waals surface area contributed by atoms with Crippen LogP contribution < -0.4 is 10.5 Å². The second-order valence-corrected chi connectivity index (χ2v) is 4.14. The van der Waals surface area contributed by atoms with Crippen LogP contribution in [0.3, 0.4) is 0 Å². The maximum Gasteiger partial charge on any atom is 0.121 e. The zero-order valence-corrected chi connectivity index (χ0v) is 10.1. The van der Waals surface area contributed by atoms with Crippen molar-refractivity contribution in [1.82, 2.24) is 0 Å². The van der Waals surface area contributed by atoms with Crippen LogP contribution in [0.25, 0.3) is 0 Å². The maximum atomic E-state index is 6.17. The van der Waals surface area contributed by atoms with Crippen molar-refractivity contribution in [2.75, 3.05) is 7.11 Å². The van der Waals surface area contributed by atoms with Crippen molar-refractivity contribution in [1.29, 1.82) is 0 Å². The molecule has 0 heterocycles. The first-order valence-corrected chi connectivity index (χ1v) is 5.50. The first-order valence-electron chi connectivity index (χ1n) is 5.50. The second kappa shape index (κ2) is 5.17. The molecule has 0 saturated carbocycles. The first kappa shape index (κ1) is 12.1. The van der Waals surface area contributed by atoms with E-state index < -0.39 is 0 Å². The molecule has 2 heteroatoms. The van der Waals surface area contributed by atoms with Gasteiger partial charge in [-0.3, -0.25) is 0 Å². The quantitative estimate of drug-likeness (QED) is 0.823. The molecule has 2 N–H and O–H groups in total. The van der Waals surface area contributed by atoms with Crippen LogP contribution in [0.1, 0.15) is 37.4 Å². The van der Waals surface area contributed by atoms with E-state index in [1.807, 2.05) is 13.0 Å². The van der Waals surface area contributed by atoms with Gasteiger partial charge < -0.3 is 10.5 Å². The Hall–Kier alpha value is -1.02. The molecular formula is C13H21NO. The van der Waals surface area contributed by atoms with Crippen LogP contribution in [-0.4, -0.2) is 7.11 Å². The van der Waals surface area contributed by atoms with Gasteiger partial charge in [0, 0.05) is 6.04 Å². The third-order valence-electron chi connectivity index (χ3n) is 3.06. The van der Waals surface area contributed by atoms with Crippen molar-refractivity contribution < 1.29 is 4.74 Å². The molecule has 15 heavy (non-hydrogen) atoms. The lowest BCUT2D eigenvalue weighted by Gasteiger charge is -2.19. The van der Waals surface area contributed by atoms with E-state index in [0.29, 0.717) is 5.92 Å². The van der Waals surface area contributed by atoms with E-state index in [-0.39, 0.29) is 6.04 Å². The van der Waals surface area contributed by atoms with E-state index in [1.165, 1.54) is 5.56 Å². The number of ether oxygens (including phenoxy) is 1. The maximum absolute atomic E-state index is 6.17. The highest BCUT2D eigenvalue weighted by Crippen LogP contribution is 2.26. The molecule has 0 amide bonds. The summed E-state index contributed by atoms with van der Waals surface area (Å²) in [5.41, 5.74) is 8.51. The molecule has 1 unspecified atom stereocenters. The Morgan fingerprint density at radius 2 is 2.07 bits per heavy atom. The smallest absolute Gasteiger partial charge is 0.121 e. The monoisotopic (exact) mass is 207 g/mol. The normalized spacial score (nSPS) is 14.7. The minimum absolute atomic E-state index is 0.125. The van der Waals surface area contributed by atoms with Crippen molar-refractivity contribution in [3.05, 3.63) is 29.3 Å². The third-order valence-corrected chi connectivity index (χ3v) is 3.06. The van der Waals surface area contributed by atoms with E-state index in [2.05, 4.69) is 26.0 Å². The molecular weight excluding hydrogens is 186 g/mol. The topological polar surface area (TPSA) is 35.2 Å². The zero-order chi connectivity index (χ0) is 11.4. The molecule has 0 bridgehead atoms. The van der Waals surface area contributed by atoms with Gasteiger partial charge in [-0.1, -0.05) is 32.4 Å². The number of hydrogen-bond donors (Lipinski definition) is 1. The molecule has 1 rings (SSSR count). The average Bonchev–Trinajstić information content (AvgIpc) is 2.26. The van der Waals surface area contributed by atoms with Gasteiger partial charge in [-0.25, -0.2) is 0 Å². The molecule has 0 aliphatic heterocycles. The standard InChI is InChI=1S/C13H21NO/c1-5-9(2)13(14)11-6-7-12(15-4)10(3)8-11/h6-9,13H,5,14H2,1-4H3/t9?,13-/m0/s1. The largest absolute Gasteiger partial charge is 0.496 e. The molecule has 0 spiro atoms. The molecule has 0 aliphatic carbocycles. The third kappa shape index (κ3) is 2.72. The summed E-state index contributed by atoms with van der Waals surface area (Å²) >= 11 is 0. The summed E-state index contributed by atoms with van der Waals surface area (Å²) in [6.45, 7) is 6.40. The Balaban J connectivity index is 2.92. The number of hydrogen-bond acceptors (Lipinski definition) is 2. The van der Waals surface area contributed by atoms with E-state index in [0.717, 1.165) is 17.7 Å². The number of methoxy groups -OCH3 is 1. The van der Waals surface area contributed by atoms with Crippen molar-refractivity contribution >= 4 is 0 Å². The lowest BCUT2D eigenvalue weighted by atomic mass is 9.92. The Bertz CT molecular complexity index is 322. The molecule has 1 aromatic rings.